The molecule has 4 bridgehead atoms. The summed E-state index contributed by atoms with van der Waals surface area (Å²) in [6.45, 7) is 2.33. The molecule has 92 valence electrons. The van der Waals surface area contributed by atoms with Crippen LogP contribution in [-0.4, -0.2) is 13.1 Å². The molecule has 4 rings (SSSR count). The van der Waals surface area contributed by atoms with Gasteiger partial charge in [-0.1, -0.05) is 6.92 Å². The van der Waals surface area contributed by atoms with Crippen molar-refractivity contribution in [3.8, 4) is 0 Å². The van der Waals surface area contributed by atoms with Crippen molar-refractivity contribution in [2.45, 2.75) is 57.9 Å². The molecule has 1 heteroatoms. The zero-order valence-electron chi connectivity index (χ0n) is 10.9. The van der Waals surface area contributed by atoms with Crippen molar-refractivity contribution >= 4 is 0 Å². The Bertz CT molecular complexity index is 216. The summed E-state index contributed by atoms with van der Waals surface area (Å²) < 4.78 is 0. The fourth-order valence-corrected chi connectivity index (χ4v) is 5.24. The van der Waals surface area contributed by atoms with Crippen LogP contribution in [0.2, 0.25) is 0 Å². The lowest BCUT2D eigenvalue weighted by atomic mass is 9.51. The first-order valence-electron chi connectivity index (χ1n) is 7.47. The lowest BCUT2D eigenvalue weighted by molar-refractivity contribution is -0.0431. The van der Waals surface area contributed by atoms with E-state index in [4.69, 9.17) is 0 Å². The smallest absolute Gasteiger partial charge is 0.00642 e. The Hall–Kier alpha value is -0.0400. The maximum absolute atomic E-state index is 3.51. The summed E-state index contributed by atoms with van der Waals surface area (Å²) in [6, 6.07) is 0.780. The molecule has 0 heterocycles. The van der Waals surface area contributed by atoms with Crippen molar-refractivity contribution in [3.05, 3.63) is 0 Å². The summed E-state index contributed by atoms with van der Waals surface area (Å²) in [7, 11) is 2.14. The zero-order chi connectivity index (χ0) is 11.1. The summed E-state index contributed by atoms with van der Waals surface area (Å²) in [5.41, 5.74) is 0. The molecule has 0 amide bonds. The molecule has 4 aliphatic rings. The summed E-state index contributed by atoms with van der Waals surface area (Å²) in [4.78, 5) is 0. The maximum atomic E-state index is 3.51. The van der Waals surface area contributed by atoms with E-state index in [1.807, 2.05) is 0 Å². The molecule has 0 aliphatic heterocycles. The van der Waals surface area contributed by atoms with Gasteiger partial charge in [-0.05, 0) is 81.6 Å². The summed E-state index contributed by atoms with van der Waals surface area (Å²) >= 11 is 0. The SMILES string of the molecule is CCC(CC1C2CC3CC(C2)CC1C3)NC. The number of rotatable bonds is 4. The summed E-state index contributed by atoms with van der Waals surface area (Å²) in [6.07, 6.45) is 10.7. The van der Waals surface area contributed by atoms with E-state index in [0.717, 1.165) is 35.6 Å². The first-order chi connectivity index (χ1) is 7.80. The molecule has 0 saturated heterocycles. The number of hydrogen-bond donors (Lipinski definition) is 1. The molecule has 0 aromatic carbocycles. The number of nitrogens with one attached hydrogen (secondary N) is 1. The standard InChI is InChI=1S/C15H27N/c1-3-14(16-2)9-15-12-5-10-4-11(7-12)8-13(15)6-10/h10-16H,3-9H2,1-2H3. The van der Waals surface area contributed by atoms with Crippen molar-refractivity contribution < 1.29 is 0 Å². The predicted octanol–water partition coefficient (Wildman–Crippen LogP) is 3.45. The van der Waals surface area contributed by atoms with E-state index in [2.05, 4.69) is 19.3 Å². The molecule has 1 N–H and O–H groups in total. The van der Waals surface area contributed by atoms with Crippen molar-refractivity contribution in [1.29, 1.82) is 0 Å². The molecule has 1 atom stereocenters. The molecule has 4 fully saturated rings. The third-order valence-corrected chi connectivity index (χ3v) is 5.88. The third kappa shape index (κ3) is 1.81. The average molecular weight is 221 g/mol. The molecule has 0 spiro atoms. The Balaban J connectivity index is 1.67. The minimum Gasteiger partial charge on any atom is -0.317 e. The summed E-state index contributed by atoms with van der Waals surface area (Å²) in [5, 5.41) is 3.51. The lowest BCUT2D eigenvalue weighted by Crippen LogP contribution is -2.47. The Morgan fingerprint density at radius 1 is 1.00 bits per heavy atom. The van der Waals surface area contributed by atoms with Crippen molar-refractivity contribution in [1.82, 2.24) is 5.32 Å². The van der Waals surface area contributed by atoms with Crippen LogP contribution in [0, 0.1) is 29.6 Å². The Morgan fingerprint density at radius 3 is 2.00 bits per heavy atom. The molecular weight excluding hydrogens is 194 g/mol. The van der Waals surface area contributed by atoms with Gasteiger partial charge in [0.05, 0.1) is 0 Å². The van der Waals surface area contributed by atoms with Crippen LogP contribution in [0.15, 0.2) is 0 Å². The zero-order valence-corrected chi connectivity index (χ0v) is 10.9. The largest absolute Gasteiger partial charge is 0.317 e. The van der Waals surface area contributed by atoms with Gasteiger partial charge >= 0.3 is 0 Å². The van der Waals surface area contributed by atoms with Crippen LogP contribution in [-0.2, 0) is 0 Å². The third-order valence-electron chi connectivity index (χ3n) is 5.88. The molecule has 4 aliphatic carbocycles. The van der Waals surface area contributed by atoms with E-state index in [-0.39, 0.29) is 0 Å². The molecule has 1 unspecified atom stereocenters. The van der Waals surface area contributed by atoms with E-state index in [1.165, 1.54) is 12.8 Å². The van der Waals surface area contributed by atoms with E-state index in [1.54, 1.807) is 32.1 Å². The summed E-state index contributed by atoms with van der Waals surface area (Å²) in [5.74, 6) is 5.56. The topological polar surface area (TPSA) is 12.0 Å². The van der Waals surface area contributed by atoms with Crippen molar-refractivity contribution in [2.75, 3.05) is 7.05 Å². The van der Waals surface area contributed by atoms with Crippen LogP contribution in [0.3, 0.4) is 0 Å². The molecular formula is C15H27N. The van der Waals surface area contributed by atoms with Crippen LogP contribution in [0.1, 0.15) is 51.9 Å². The molecule has 0 aromatic rings. The van der Waals surface area contributed by atoms with E-state index < -0.39 is 0 Å². The van der Waals surface area contributed by atoms with Gasteiger partial charge in [0.2, 0.25) is 0 Å². The predicted molar refractivity (Wildman–Crippen MR) is 68.3 cm³/mol. The van der Waals surface area contributed by atoms with Gasteiger partial charge in [-0.25, -0.2) is 0 Å². The normalized spacial score (nSPS) is 47.2. The minimum absolute atomic E-state index is 0.780. The van der Waals surface area contributed by atoms with Gasteiger partial charge < -0.3 is 5.32 Å². The van der Waals surface area contributed by atoms with Gasteiger partial charge in [-0.2, -0.15) is 0 Å². The quantitative estimate of drug-likeness (QED) is 0.767. The molecule has 0 radical (unpaired) electrons. The first kappa shape index (κ1) is 11.1. The molecule has 0 aromatic heterocycles. The average Bonchev–Trinajstić information content (AvgIpc) is 2.28. The fourth-order valence-electron chi connectivity index (χ4n) is 5.24. The Labute approximate surface area is 100 Å². The van der Waals surface area contributed by atoms with Gasteiger partial charge in [0, 0.05) is 6.04 Å². The highest BCUT2D eigenvalue weighted by Crippen LogP contribution is 2.57. The van der Waals surface area contributed by atoms with Crippen molar-refractivity contribution in [2.24, 2.45) is 29.6 Å². The highest BCUT2D eigenvalue weighted by molar-refractivity contribution is 4.98. The van der Waals surface area contributed by atoms with Gasteiger partial charge in [0.25, 0.3) is 0 Å². The monoisotopic (exact) mass is 221 g/mol. The second-order valence-electron chi connectivity index (χ2n) is 6.72. The number of hydrogen-bond acceptors (Lipinski definition) is 1. The van der Waals surface area contributed by atoms with Crippen LogP contribution in [0.25, 0.3) is 0 Å². The van der Waals surface area contributed by atoms with Crippen LogP contribution in [0.5, 0.6) is 0 Å². The van der Waals surface area contributed by atoms with Crippen LogP contribution in [0.4, 0.5) is 0 Å². The van der Waals surface area contributed by atoms with Crippen LogP contribution >= 0.6 is 0 Å². The molecule has 16 heavy (non-hydrogen) atoms. The molecule has 4 saturated carbocycles. The van der Waals surface area contributed by atoms with Gasteiger partial charge in [0.15, 0.2) is 0 Å². The van der Waals surface area contributed by atoms with Gasteiger partial charge in [-0.15, -0.1) is 0 Å². The maximum Gasteiger partial charge on any atom is 0.00642 e. The second kappa shape index (κ2) is 4.33. The first-order valence-corrected chi connectivity index (χ1v) is 7.47. The Kier molecular flexibility index (Phi) is 2.99. The van der Waals surface area contributed by atoms with Crippen LogP contribution < -0.4 is 5.32 Å². The Morgan fingerprint density at radius 2 is 1.56 bits per heavy atom. The molecule has 1 nitrogen and oxygen atoms in total. The highest BCUT2D eigenvalue weighted by atomic mass is 14.9. The van der Waals surface area contributed by atoms with E-state index >= 15 is 0 Å². The van der Waals surface area contributed by atoms with Gasteiger partial charge in [-0.3, -0.25) is 0 Å². The van der Waals surface area contributed by atoms with E-state index in [0.29, 0.717) is 0 Å². The second-order valence-corrected chi connectivity index (χ2v) is 6.72. The van der Waals surface area contributed by atoms with E-state index in [9.17, 15) is 0 Å². The van der Waals surface area contributed by atoms with Crippen molar-refractivity contribution in [3.63, 3.8) is 0 Å². The highest BCUT2D eigenvalue weighted by Gasteiger charge is 2.48. The minimum atomic E-state index is 0.780. The lowest BCUT2D eigenvalue weighted by Gasteiger charge is -2.55. The fraction of sp³-hybridized carbons (Fsp3) is 1.00. The van der Waals surface area contributed by atoms with Gasteiger partial charge in [0.1, 0.15) is 0 Å².